The lowest BCUT2D eigenvalue weighted by Gasteiger charge is -2.39. The number of nitrogens with one attached hydrogen (secondary N) is 1. The maximum absolute atomic E-state index is 12.5. The fraction of sp³-hybridized carbons (Fsp3) is 0.944. The zero-order chi connectivity index (χ0) is 16.3. The second-order valence-corrected chi connectivity index (χ2v) is 8.34. The van der Waals surface area contributed by atoms with Gasteiger partial charge < -0.3 is 20.2 Å². The highest BCUT2D eigenvalue weighted by Crippen LogP contribution is 2.29. The molecule has 132 valence electrons. The summed E-state index contributed by atoms with van der Waals surface area (Å²) < 4.78 is 0. The average Bonchev–Trinajstić information content (AvgIpc) is 3.20. The Balaban J connectivity index is 1.43. The third kappa shape index (κ3) is 4.38. The molecule has 3 rings (SSSR count). The van der Waals surface area contributed by atoms with Gasteiger partial charge in [0.2, 0.25) is 0 Å². The summed E-state index contributed by atoms with van der Waals surface area (Å²) in [6.45, 7) is 7.08. The number of rotatable bonds is 4. The van der Waals surface area contributed by atoms with Crippen LogP contribution in [0.25, 0.3) is 0 Å². The SMILES string of the molecule is CC1(CO)CCCN(C(=O)NC2CCN(CC3CCCC3)C2)C1. The summed E-state index contributed by atoms with van der Waals surface area (Å²) in [5, 5.41) is 12.8. The van der Waals surface area contributed by atoms with E-state index in [9.17, 15) is 9.90 Å². The van der Waals surface area contributed by atoms with Gasteiger partial charge in [0.1, 0.15) is 0 Å². The monoisotopic (exact) mass is 323 g/mol. The Bertz CT molecular complexity index is 411. The van der Waals surface area contributed by atoms with E-state index in [1.54, 1.807) is 0 Å². The van der Waals surface area contributed by atoms with Gasteiger partial charge in [-0.2, -0.15) is 0 Å². The van der Waals surface area contributed by atoms with Crippen LogP contribution in [0.1, 0.15) is 51.9 Å². The summed E-state index contributed by atoms with van der Waals surface area (Å²) in [5.74, 6) is 0.886. The second-order valence-electron chi connectivity index (χ2n) is 8.34. The molecule has 0 spiro atoms. The number of amides is 2. The molecule has 2 aliphatic heterocycles. The van der Waals surface area contributed by atoms with Gasteiger partial charge in [-0.1, -0.05) is 19.8 Å². The predicted molar refractivity (Wildman–Crippen MR) is 91.3 cm³/mol. The maximum Gasteiger partial charge on any atom is 0.317 e. The number of likely N-dealkylation sites (tertiary alicyclic amines) is 2. The van der Waals surface area contributed by atoms with E-state index < -0.39 is 0 Å². The van der Waals surface area contributed by atoms with Crippen LogP contribution in [-0.2, 0) is 0 Å². The van der Waals surface area contributed by atoms with Gasteiger partial charge in [0.05, 0.1) is 6.61 Å². The number of carbonyl (C=O) groups is 1. The van der Waals surface area contributed by atoms with Crippen molar-refractivity contribution in [3.8, 4) is 0 Å². The van der Waals surface area contributed by atoms with Crippen LogP contribution in [0, 0.1) is 11.3 Å². The molecule has 0 bridgehead atoms. The normalized spacial score (nSPS) is 33.3. The highest BCUT2D eigenvalue weighted by atomic mass is 16.3. The molecular weight excluding hydrogens is 290 g/mol. The van der Waals surface area contributed by atoms with Crippen molar-refractivity contribution in [1.82, 2.24) is 15.1 Å². The van der Waals surface area contributed by atoms with Crippen molar-refractivity contribution >= 4 is 6.03 Å². The van der Waals surface area contributed by atoms with Crippen LogP contribution >= 0.6 is 0 Å². The third-order valence-corrected chi connectivity index (χ3v) is 6.04. The number of carbonyl (C=O) groups excluding carboxylic acids is 1. The molecule has 2 amide bonds. The van der Waals surface area contributed by atoms with Gasteiger partial charge in [-0.3, -0.25) is 0 Å². The lowest BCUT2D eigenvalue weighted by molar-refractivity contribution is 0.0608. The summed E-state index contributed by atoms with van der Waals surface area (Å²) in [7, 11) is 0. The molecule has 5 heteroatoms. The van der Waals surface area contributed by atoms with Gasteiger partial charge in [0.25, 0.3) is 0 Å². The van der Waals surface area contributed by atoms with E-state index in [1.807, 2.05) is 4.90 Å². The third-order valence-electron chi connectivity index (χ3n) is 6.04. The smallest absolute Gasteiger partial charge is 0.317 e. The molecule has 1 saturated carbocycles. The Morgan fingerprint density at radius 1 is 1.22 bits per heavy atom. The molecule has 2 saturated heterocycles. The number of aliphatic hydroxyl groups excluding tert-OH is 1. The van der Waals surface area contributed by atoms with Crippen LogP contribution in [-0.4, -0.2) is 66.3 Å². The van der Waals surface area contributed by atoms with Crippen molar-refractivity contribution < 1.29 is 9.90 Å². The van der Waals surface area contributed by atoms with E-state index in [-0.39, 0.29) is 18.1 Å². The first kappa shape index (κ1) is 17.0. The molecule has 3 aliphatic rings. The first-order valence-electron chi connectivity index (χ1n) is 9.47. The molecule has 2 N–H and O–H groups in total. The number of nitrogens with zero attached hydrogens (tertiary/aromatic N) is 2. The summed E-state index contributed by atoms with van der Waals surface area (Å²) >= 11 is 0. The van der Waals surface area contributed by atoms with Crippen LogP contribution in [0.4, 0.5) is 4.79 Å². The van der Waals surface area contributed by atoms with Gasteiger partial charge in [0, 0.05) is 44.2 Å². The highest BCUT2D eigenvalue weighted by Gasteiger charge is 2.34. The van der Waals surface area contributed by atoms with Gasteiger partial charge in [-0.25, -0.2) is 4.79 Å². The minimum absolute atomic E-state index is 0.0668. The van der Waals surface area contributed by atoms with E-state index in [0.29, 0.717) is 12.6 Å². The molecule has 0 aromatic rings. The van der Waals surface area contributed by atoms with Gasteiger partial charge in [0.15, 0.2) is 0 Å². The van der Waals surface area contributed by atoms with Gasteiger partial charge in [-0.05, 0) is 38.0 Å². The molecule has 2 atom stereocenters. The standard InChI is InChI=1S/C18H33N3O2/c1-18(14-22)8-4-9-21(13-18)17(23)19-16-7-10-20(12-16)11-15-5-2-3-6-15/h15-16,22H,2-14H2,1H3,(H,19,23). The summed E-state index contributed by atoms with van der Waals surface area (Å²) in [4.78, 5) is 17.0. The molecule has 23 heavy (non-hydrogen) atoms. The number of piperidine rings is 1. The lowest BCUT2D eigenvalue weighted by atomic mass is 9.83. The largest absolute Gasteiger partial charge is 0.396 e. The van der Waals surface area contributed by atoms with E-state index >= 15 is 0 Å². The Labute approximate surface area is 140 Å². The first-order valence-corrected chi connectivity index (χ1v) is 9.47. The molecule has 0 aromatic heterocycles. The maximum atomic E-state index is 12.5. The Hall–Kier alpha value is -0.810. The van der Waals surface area contributed by atoms with Crippen LogP contribution in [0.2, 0.25) is 0 Å². The van der Waals surface area contributed by atoms with Crippen LogP contribution < -0.4 is 5.32 Å². The summed E-state index contributed by atoms with van der Waals surface area (Å²) in [6.07, 6.45) is 8.65. The van der Waals surface area contributed by atoms with Gasteiger partial charge >= 0.3 is 6.03 Å². The lowest BCUT2D eigenvalue weighted by Crippen LogP contribution is -2.52. The molecule has 1 aliphatic carbocycles. The zero-order valence-corrected chi connectivity index (χ0v) is 14.6. The van der Waals surface area contributed by atoms with E-state index in [0.717, 1.165) is 44.8 Å². The molecule has 0 radical (unpaired) electrons. The second kappa shape index (κ2) is 7.39. The molecule has 5 nitrogen and oxygen atoms in total. The fourth-order valence-electron chi connectivity index (χ4n) is 4.56. The zero-order valence-electron chi connectivity index (χ0n) is 14.6. The minimum Gasteiger partial charge on any atom is -0.396 e. The van der Waals surface area contributed by atoms with E-state index in [4.69, 9.17) is 0 Å². The Kier molecular flexibility index (Phi) is 5.47. The summed E-state index contributed by atoms with van der Waals surface area (Å²) in [6, 6.07) is 0.364. The van der Waals surface area contributed by atoms with Crippen molar-refractivity contribution in [2.45, 2.75) is 57.9 Å². The number of hydrogen-bond acceptors (Lipinski definition) is 3. The highest BCUT2D eigenvalue weighted by molar-refractivity contribution is 5.74. The Morgan fingerprint density at radius 3 is 2.74 bits per heavy atom. The number of urea groups is 1. The van der Waals surface area contributed by atoms with Crippen molar-refractivity contribution in [2.75, 3.05) is 39.3 Å². The predicted octanol–water partition coefficient (Wildman–Crippen LogP) is 2.05. The van der Waals surface area contributed by atoms with E-state index in [1.165, 1.54) is 32.2 Å². The van der Waals surface area contributed by atoms with Crippen molar-refractivity contribution in [1.29, 1.82) is 0 Å². The van der Waals surface area contributed by atoms with Crippen LogP contribution in [0.5, 0.6) is 0 Å². The topological polar surface area (TPSA) is 55.8 Å². The van der Waals surface area contributed by atoms with Crippen molar-refractivity contribution in [3.63, 3.8) is 0 Å². The van der Waals surface area contributed by atoms with Crippen LogP contribution in [0.15, 0.2) is 0 Å². The fourth-order valence-corrected chi connectivity index (χ4v) is 4.56. The minimum atomic E-state index is -0.125. The quantitative estimate of drug-likeness (QED) is 0.832. The molecule has 0 aromatic carbocycles. The van der Waals surface area contributed by atoms with Gasteiger partial charge in [-0.15, -0.1) is 0 Å². The van der Waals surface area contributed by atoms with Crippen LogP contribution in [0.3, 0.4) is 0 Å². The van der Waals surface area contributed by atoms with Crippen molar-refractivity contribution in [2.24, 2.45) is 11.3 Å². The average molecular weight is 323 g/mol. The molecular formula is C18H33N3O2. The van der Waals surface area contributed by atoms with E-state index in [2.05, 4.69) is 17.1 Å². The number of aliphatic hydroxyl groups is 1. The molecule has 2 unspecified atom stereocenters. The Morgan fingerprint density at radius 2 is 2.00 bits per heavy atom. The molecule has 3 fully saturated rings. The first-order chi connectivity index (χ1) is 11.1. The molecule has 2 heterocycles. The van der Waals surface area contributed by atoms with Crippen molar-refractivity contribution in [3.05, 3.63) is 0 Å². The number of hydrogen-bond donors (Lipinski definition) is 2. The summed E-state index contributed by atoms with van der Waals surface area (Å²) in [5.41, 5.74) is -0.125.